The van der Waals surface area contributed by atoms with Crippen molar-refractivity contribution >= 4 is 11.7 Å². The second-order valence-electron chi connectivity index (χ2n) is 9.02. The molecular weight excluding hydrogens is 376 g/mol. The molecule has 0 aromatic heterocycles. The van der Waals surface area contributed by atoms with E-state index >= 15 is 0 Å². The number of carbonyl (C=O) groups is 2. The van der Waals surface area contributed by atoms with Crippen LogP contribution in [0.15, 0.2) is 24.3 Å². The van der Waals surface area contributed by atoms with Crippen molar-refractivity contribution in [3.05, 3.63) is 35.4 Å². The van der Waals surface area contributed by atoms with Crippen molar-refractivity contribution in [3.8, 4) is 6.07 Å². The first-order valence-corrected chi connectivity index (χ1v) is 11.1. The number of carbonyl (C=O) groups excluding carboxylic acids is 2. The van der Waals surface area contributed by atoms with Gasteiger partial charge < -0.3 is 4.90 Å². The average Bonchev–Trinajstić information content (AvgIpc) is 2.75. The molecule has 0 spiro atoms. The van der Waals surface area contributed by atoms with Gasteiger partial charge in [0.25, 0.3) is 0 Å². The van der Waals surface area contributed by atoms with Crippen LogP contribution in [0.2, 0.25) is 0 Å². The Balaban J connectivity index is 1.43. The molecule has 2 heterocycles. The molecule has 0 radical (unpaired) electrons. The zero-order valence-electron chi connectivity index (χ0n) is 18.5. The molecule has 1 aromatic rings. The van der Waals surface area contributed by atoms with Gasteiger partial charge >= 0.3 is 0 Å². The Labute approximate surface area is 180 Å². The lowest BCUT2D eigenvalue weighted by Gasteiger charge is -2.39. The van der Waals surface area contributed by atoms with Crippen molar-refractivity contribution in [3.63, 3.8) is 0 Å². The number of nitrogens with zero attached hydrogens (tertiary/aromatic N) is 4. The molecule has 1 aromatic carbocycles. The Morgan fingerprint density at radius 3 is 2.17 bits per heavy atom. The lowest BCUT2D eigenvalue weighted by molar-refractivity contribution is -0.134. The third kappa shape index (κ3) is 5.47. The third-order valence-corrected chi connectivity index (χ3v) is 6.48. The van der Waals surface area contributed by atoms with Gasteiger partial charge in [-0.05, 0) is 38.8 Å². The molecule has 3 rings (SSSR count). The smallest absolute Gasteiger partial charge is 0.236 e. The van der Waals surface area contributed by atoms with Crippen LogP contribution in [0.25, 0.3) is 0 Å². The first-order chi connectivity index (χ1) is 14.4. The van der Waals surface area contributed by atoms with Crippen LogP contribution >= 0.6 is 0 Å². The van der Waals surface area contributed by atoms with Gasteiger partial charge in [0.15, 0.2) is 5.78 Å². The number of rotatable bonds is 6. The lowest BCUT2D eigenvalue weighted by atomic mass is 9.88. The van der Waals surface area contributed by atoms with E-state index in [1.807, 2.05) is 36.1 Å². The van der Waals surface area contributed by atoms with Gasteiger partial charge in [0.05, 0.1) is 12.6 Å². The van der Waals surface area contributed by atoms with Crippen molar-refractivity contribution in [1.82, 2.24) is 14.7 Å². The molecule has 0 bridgehead atoms. The zero-order chi connectivity index (χ0) is 21.7. The van der Waals surface area contributed by atoms with E-state index in [1.165, 1.54) is 0 Å². The number of piperidine rings is 1. The van der Waals surface area contributed by atoms with Gasteiger partial charge in [-0.3, -0.25) is 19.4 Å². The Morgan fingerprint density at radius 2 is 1.63 bits per heavy atom. The number of aryl methyl sites for hydroxylation is 1. The molecule has 6 heteroatoms. The Morgan fingerprint density at radius 1 is 1.03 bits per heavy atom. The van der Waals surface area contributed by atoms with Gasteiger partial charge in [0, 0.05) is 37.7 Å². The fourth-order valence-corrected chi connectivity index (χ4v) is 4.50. The van der Waals surface area contributed by atoms with E-state index in [4.69, 9.17) is 0 Å². The molecule has 1 atom stereocenters. The monoisotopic (exact) mass is 410 g/mol. The SMILES string of the molecule is Cc1ccc(C(=O)C2CCN(CC(=O)N3CCN(C(C#N)C(C)C)CC3)CC2)cc1. The van der Waals surface area contributed by atoms with Gasteiger partial charge in [-0.25, -0.2) is 0 Å². The largest absolute Gasteiger partial charge is 0.339 e. The summed E-state index contributed by atoms with van der Waals surface area (Å²) in [5.74, 6) is 0.744. The predicted molar refractivity (Wildman–Crippen MR) is 117 cm³/mol. The van der Waals surface area contributed by atoms with Gasteiger partial charge in [0.2, 0.25) is 5.91 Å². The number of likely N-dealkylation sites (tertiary alicyclic amines) is 1. The first kappa shape index (κ1) is 22.5. The minimum Gasteiger partial charge on any atom is -0.339 e. The van der Waals surface area contributed by atoms with Crippen molar-refractivity contribution in [2.75, 3.05) is 45.8 Å². The van der Waals surface area contributed by atoms with E-state index in [0.717, 1.165) is 50.1 Å². The summed E-state index contributed by atoms with van der Waals surface area (Å²) < 4.78 is 0. The minimum atomic E-state index is -0.0765. The number of nitriles is 1. The topological polar surface area (TPSA) is 67.7 Å². The normalized spacial score (nSPS) is 20.2. The predicted octanol–water partition coefficient (Wildman–Crippen LogP) is 2.58. The highest BCUT2D eigenvalue weighted by Crippen LogP contribution is 2.22. The number of benzene rings is 1. The molecular formula is C24H34N4O2. The molecule has 2 aliphatic heterocycles. The van der Waals surface area contributed by atoms with Gasteiger partial charge in [-0.2, -0.15) is 5.26 Å². The van der Waals surface area contributed by atoms with Crippen LogP contribution in [0, 0.1) is 30.1 Å². The number of ketones is 1. The minimum absolute atomic E-state index is 0.0570. The number of hydrogen-bond acceptors (Lipinski definition) is 5. The van der Waals surface area contributed by atoms with E-state index in [9.17, 15) is 14.9 Å². The van der Waals surface area contributed by atoms with Crippen molar-refractivity contribution in [2.24, 2.45) is 11.8 Å². The van der Waals surface area contributed by atoms with Crippen LogP contribution in [-0.4, -0.2) is 78.2 Å². The summed E-state index contributed by atoms with van der Waals surface area (Å²) in [6.45, 7) is 11.1. The van der Waals surface area contributed by atoms with Crippen LogP contribution in [0.3, 0.4) is 0 Å². The van der Waals surface area contributed by atoms with Crippen molar-refractivity contribution in [2.45, 2.75) is 39.7 Å². The summed E-state index contributed by atoms with van der Waals surface area (Å²) >= 11 is 0. The number of Topliss-reactive ketones (excluding diaryl/α,β-unsaturated/α-hetero) is 1. The van der Waals surface area contributed by atoms with Crippen molar-refractivity contribution < 1.29 is 9.59 Å². The molecule has 0 aliphatic carbocycles. The second-order valence-corrected chi connectivity index (χ2v) is 9.02. The maximum atomic E-state index is 12.7. The van der Waals surface area contributed by atoms with Crippen LogP contribution < -0.4 is 0 Å². The van der Waals surface area contributed by atoms with Crippen molar-refractivity contribution in [1.29, 1.82) is 5.26 Å². The van der Waals surface area contributed by atoms with Crippen LogP contribution in [0.4, 0.5) is 0 Å². The quantitative estimate of drug-likeness (QED) is 0.675. The molecule has 30 heavy (non-hydrogen) atoms. The average molecular weight is 411 g/mol. The molecule has 1 amide bonds. The highest BCUT2D eigenvalue weighted by atomic mass is 16.2. The first-order valence-electron chi connectivity index (χ1n) is 11.1. The second kappa shape index (κ2) is 10.2. The zero-order valence-corrected chi connectivity index (χ0v) is 18.5. The number of piperazine rings is 1. The molecule has 6 nitrogen and oxygen atoms in total. The van der Waals surface area contributed by atoms with Gasteiger partial charge in [-0.1, -0.05) is 43.7 Å². The highest BCUT2D eigenvalue weighted by molar-refractivity contribution is 5.97. The Kier molecular flexibility index (Phi) is 7.63. The van der Waals surface area contributed by atoms with Gasteiger partial charge in [-0.15, -0.1) is 0 Å². The van der Waals surface area contributed by atoms with E-state index in [1.54, 1.807) is 0 Å². The standard InChI is InChI=1S/C24H34N4O2/c1-18(2)22(16-25)27-12-14-28(15-13-27)23(29)17-26-10-8-21(9-11-26)24(30)20-6-4-19(3)5-7-20/h4-7,18,21-22H,8-15,17H2,1-3H3. The molecule has 2 fully saturated rings. The summed E-state index contributed by atoms with van der Waals surface area (Å²) in [6, 6.07) is 10.1. The highest BCUT2D eigenvalue weighted by Gasteiger charge is 2.30. The summed E-state index contributed by atoms with van der Waals surface area (Å²) in [4.78, 5) is 31.8. The van der Waals surface area contributed by atoms with Crippen LogP contribution in [0.1, 0.15) is 42.6 Å². The lowest BCUT2D eigenvalue weighted by Crippen LogP contribution is -2.54. The number of hydrogen-bond donors (Lipinski definition) is 0. The fourth-order valence-electron chi connectivity index (χ4n) is 4.50. The molecule has 162 valence electrons. The maximum absolute atomic E-state index is 12.7. The van der Waals surface area contributed by atoms with Crippen LogP contribution in [-0.2, 0) is 4.79 Å². The summed E-state index contributed by atoms with van der Waals surface area (Å²) in [5.41, 5.74) is 1.96. The summed E-state index contributed by atoms with van der Waals surface area (Å²) in [7, 11) is 0. The molecule has 1 unspecified atom stereocenters. The number of amides is 1. The molecule has 2 aliphatic rings. The Hall–Kier alpha value is -2.23. The van der Waals surface area contributed by atoms with Gasteiger partial charge in [0.1, 0.15) is 6.04 Å². The van der Waals surface area contributed by atoms with Crippen LogP contribution in [0.5, 0.6) is 0 Å². The fraction of sp³-hybridized carbons (Fsp3) is 0.625. The van der Waals surface area contributed by atoms with E-state index in [-0.39, 0.29) is 23.7 Å². The molecule has 0 N–H and O–H groups in total. The van der Waals surface area contributed by atoms with E-state index < -0.39 is 0 Å². The summed E-state index contributed by atoms with van der Waals surface area (Å²) in [6.07, 6.45) is 1.62. The third-order valence-electron chi connectivity index (χ3n) is 6.48. The molecule has 0 saturated carbocycles. The Bertz CT molecular complexity index is 767. The van der Waals surface area contributed by atoms with E-state index in [0.29, 0.717) is 25.6 Å². The van der Waals surface area contributed by atoms with E-state index in [2.05, 4.69) is 29.7 Å². The maximum Gasteiger partial charge on any atom is 0.236 e. The molecule has 2 saturated heterocycles. The summed E-state index contributed by atoms with van der Waals surface area (Å²) in [5, 5.41) is 9.38.